The minimum atomic E-state index is -1.18. The van der Waals surface area contributed by atoms with E-state index < -0.39 is 11.8 Å². The molecule has 72 valence electrons. The van der Waals surface area contributed by atoms with Crippen LogP contribution in [0.4, 0.5) is 4.39 Å². The summed E-state index contributed by atoms with van der Waals surface area (Å²) in [5, 5.41) is 15.2. The fourth-order valence-corrected chi connectivity index (χ4v) is 1.67. The molecule has 1 aromatic heterocycles. The van der Waals surface area contributed by atoms with Crippen molar-refractivity contribution in [2.75, 3.05) is 0 Å². The van der Waals surface area contributed by atoms with Gasteiger partial charge in [0.15, 0.2) is 0 Å². The Hall–Kier alpha value is -1.43. The zero-order chi connectivity index (χ0) is 10.3. The number of nitrogens with one attached hydrogen (secondary N) is 1. The third-order valence-electron chi connectivity index (χ3n) is 1.81. The van der Waals surface area contributed by atoms with Gasteiger partial charge >= 0.3 is 5.97 Å². The quantitative estimate of drug-likeness (QED) is 0.824. The van der Waals surface area contributed by atoms with Gasteiger partial charge in [-0.05, 0) is 28.1 Å². The topological polar surface area (TPSA) is 66.0 Å². The lowest BCUT2D eigenvalue weighted by Crippen LogP contribution is -1.96. The van der Waals surface area contributed by atoms with Gasteiger partial charge in [0.25, 0.3) is 0 Å². The maximum Gasteiger partial charge on any atom is 0.335 e. The number of hydrogen-bond donors (Lipinski definition) is 2. The molecular formula is C8H4BrFN2O2. The standard InChI is InChI=1S/C8H4BrFN2O2/c9-7-6-4(10)1-3(8(13)14)2-5(6)11-12-7/h1-2H,(H,11,12)(H,13,14). The Balaban J connectivity index is 2.80. The number of hydrogen-bond acceptors (Lipinski definition) is 2. The number of carboxylic acids is 1. The number of benzene rings is 1. The number of carboxylic acid groups (broad SMARTS) is 1. The molecule has 1 heterocycles. The van der Waals surface area contributed by atoms with Crippen LogP contribution in [0.1, 0.15) is 10.4 Å². The summed E-state index contributed by atoms with van der Waals surface area (Å²) in [7, 11) is 0. The van der Waals surface area contributed by atoms with Gasteiger partial charge < -0.3 is 5.11 Å². The fourth-order valence-electron chi connectivity index (χ4n) is 1.19. The highest BCUT2D eigenvalue weighted by Crippen LogP contribution is 2.25. The number of halogens is 2. The molecule has 2 aromatic rings. The summed E-state index contributed by atoms with van der Waals surface area (Å²) in [6.45, 7) is 0. The first-order valence-corrected chi connectivity index (χ1v) is 4.45. The molecule has 2 N–H and O–H groups in total. The van der Waals surface area contributed by atoms with Gasteiger partial charge in [-0.2, -0.15) is 5.10 Å². The van der Waals surface area contributed by atoms with E-state index in [9.17, 15) is 9.18 Å². The average molecular weight is 259 g/mol. The fraction of sp³-hybridized carbons (Fsp3) is 0. The monoisotopic (exact) mass is 258 g/mol. The van der Waals surface area contributed by atoms with E-state index in [1.54, 1.807) is 0 Å². The second kappa shape index (κ2) is 3.06. The number of nitrogens with zero attached hydrogens (tertiary/aromatic N) is 1. The lowest BCUT2D eigenvalue weighted by Gasteiger charge is -1.95. The Bertz CT molecular complexity index is 523. The molecule has 0 unspecified atom stereocenters. The molecule has 0 atom stereocenters. The number of aromatic amines is 1. The van der Waals surface area contributed by atoms with E-state index in [0.717, 1.165) is 6.07 Å². The molecule has 0 amide bonds. The molecule has 0 saturated carbocycles. The van der Waals surface area contributed by atoms with Gasteiger partial charge in [-0.1, -0.05) is 0 Å². The van der Waals surface area contributed by atoms with Crippen molar-refractivity contribution in [1.82, 2.24) is 10.2 Å². The van der Waals surface area contributed by atoms with Crippen LogP contribution in [0.15, 0.2) is 16.7 Å². The van der Waals surface area contributed by atoms with Crippen LogP contribution in [0.5, 0.6) is 0 Å². The Morgan fingerprint density at radius 2 is 2.29 bits per heavy atom. The van der Waals surface area contributed by atoms with Crippen molar-refractivity contribution in [3.8, 4) is 0 Å². The largest absolute Gasteiger partial charge is 0.478 e. The molecule has 0 saturated heterocycles. The molecule has 2 rings (SSSR count). The normalized spacial score (nSPS) is 10.7. The van der Waals surface area contributed by atoms with Crippen molar-refractivity contribution >= 4 is 32.8 Å². The summed E-state index contributed by atoms with van der Waals surface area (Å²) < 4.78 is 13.8. The SMILES string of the molecule is O=C(O)c1cc(F)c2c(Br)[nH]nc2c1. The lowest BCUT2D eigenvalue weighted by molar-refractivity contribution is 0.0696. The predicted molar refractivity (Wildman–Crippen MR) is 50.7 cm³/mol. The van der Waals surface area contributed by atoms with Gasteiger partial charge in [0.1, 0.15) is 10.4 Å². The van der Waals surface area contributed by atoms with Crippen LogP contribution in [0.25, 0.3) is 10.9 Å². The number of carbonyl (C=O) groups is 1. The molecule has 0 radical (unpaired) electrons. The molecular weight excluding hydrogens is 255 g/mol. The summed E-state index contributed by atoms with van der Waals surface area (Å²) in [5.41, 5.74) is 0.170. The van der Waals surface area contributed by atoms with Crippen LogP contribution in [0, 0.1) is 5.82 Å². The molecule has 0 spiro atoms. The number of aromatic carboxylic acids is 1. The van der Waals surface area contributed by atoms with Gasteiger partial charge in [-0.15, -0.1) is 0 Å². The van der Waals surface area contributed by atoms with Crippen molar-refractivity contribution in [2.24, 2.45) is 0 Å². The van der Waals surface area contributed by atoms with E-state index >= 15 is 0 Å². The Labute approximate surface area is 85.9 Å². The van der Waals surface area contributed by atoms with Crippen LogP contribution in [-0.4, -0.2) is 21.3 Å². The average Bonchev–Trinajstić information content (AvgIpc) is 2.48. The van der Waals surface area contributed by atoms with Crippen molar-refractivity contribution in [2.45, 2.75) is 0 Å². The van der Waals surface area contributed by atoms with E-state index in [-0.39, 0.29) is 16.5 Å². The molecule has 0 fully saturated rings. The molecule has 14 heavy (non-hydrogen) atoms. The third kappa shape index (κ3) is 1.27. The van der Waals surface area contributed by atoms with Crippen LogP contribution < -0.4 is 0 Å². The maximum atomic E-state index is 13.3. The van der Waals surface area contributed by atoms with E-state index in [1.807, 2.05) is 0 Å². The number of aromatic nitrogens is 2. The first-order chi connectivity index (χ1) is 6.59. The number of fused-ring (bicyclic) bond motifs is 1. The van der Waals surface area contributed by atoms with Crippen LogP contribution in [-0.2, 0) is 0 Å². The molecule has 6 heteroatoms. The number of rotatable bonds is 1. The minimum absolute atomic E-state index is 0.117. The maximum absolute atomic E-state index is 13.3. The second-order valence-electron chi connectivity index (χ2n) is 2.69. The summed E-state index contributed by atoms with van der Waals surface area (Å²) in [4.78, 5) is 10.6. The first-order valence-electron chi connectivity index (χ1n) is 3.66. The molecule has 0 aliphatic rings. The Kier molecular flexibility index (Phi) is 1.99. The third-order valence-corrected chi connectivity index (χ3v) is 2.38. The van der Waals surface area contributed by atoms with E-state index in [0.29, 0.717) is 4.60 Å². The van der Waals surface area contributed by atoms with Gasteiger partial charge in [0.2, 0.25) is 0 Å². The molecule has 0 aliphatic heterocycles. The zero-order valence-electron chi connectivity index (χ0n) is 6.71. The van der Waals surface area contributed by atoms with Crippen LogP contribution in [0.2, 0.25) is 0 Å². The highest BCUT2D eigenvalue weighted by molar-refractivity contribution is 9.10. The summed E-state index contributed by atoms with van der Waals surface area (Å²) >= 11 is 3.07. The molecule has 4 nitrogen and oxygen atoms in total. The first kappa shape index (κ1) is 9.14. The summed E-state index contributed by atoms with van der Waals surface area (Å²) in [6.07, 6.45) is 0. The zero-order valence-corrected chi connectivity index (χ0v) is 8.30. The van der Waals surface area contributed by atoms with Gasteiger partial charge in [-0.25, -0.2) is 9.18 Å². The smallest absolute Gasteiger partial charge is 0.335 e. The Morgan fingerprint density at radius 1 is 1.57 bits per heavy atom. The minimum Gasteiger partial charge on any atom is -0.478 e. The molecule has 0 bridgehead atoms. The van der Waals surface area contributed by atoms with Crippen LogP contribution >= 0.6 is 15.9 Å². The predicted octanol–water partition coefficient (Wildman–Crippen LogP) is 2.16. The van der Waals surface area contributed by atoms with E-state index in [4.69, 9.17) is 5.11 Å². The lowest BCUT2D eigenvalue weighted by atomic mass is 10.1. The van der Waals surface area contributed by atoms with Gasteiger partial charge in [0.05, 0.1) is 16.5 Å². The highest BCUT2D eigenvalue weighted by atomic mass is 79.9. The van der Waals surface area contributed by atoms with Gasteiger partial charge in [0, 0.05) is 0 Å². The molecule has 0 aliphatic carbocycles. The van der Waals surface area contributed by atoms with Crippen molar-refractivity contribution in [1.29, 1.82) is 0 Å². The number of H-pyrrole nitrogens is 1. The van der Waals surface area contributed by atoms with Gasteiger partial charge in [-0.3, -0.25) is 5.10 Å². The van der Waals surface area contributed by atoms with E-state index in [1.165, 1.54) is 6.07 Å². The molecule has 1 aromatic carbocycles. The van der Waals surface area contributed by atoms with Crippen molar-refractivity contribution in [3.63, 3.8) is 0 Å². The summed E-state index contributed by atoms with van der Waals surface area (Å²) in [5.74, 6) is -1.79. The van der Waals surface area contributed by atoms with Crippen molar-refractivity contribution in [3.05, 3.63) is 28.1 Å². The Morgan fingerprint density at radius 3 is 2.93 bits per heavy atom. The van der Waals surface area contributed by atoms with E-state index in [2.05, 4.69) is 26.1 Å². The van der Waals surface area contributed by atoms with Crippen molar-refractivity contribution < 1.29 is 14.3 Å². The second-order valence-corrected chi connectivity index (χ2v) is 3.49. The van der Waals surface area contributed by atoms with Crippen LogP contribution in [0.3, 0.4) is 0 Å². The summed E-state index contributed by atoms with van der Waals surface area (Å²) in [6, 6.07) is 2.27. The highest BCUT2D eigenvalue weighted by Gasteiger charge is 2.13.